The highest BCUT2D eigenvalue weighted by atomic mass is 79.9. The molecule has 21 heavy (non-hydrogen) atoms. The number of halogens is 1. The monoisotopic (exact) mass is 371 g/mol. The van der Waals surface area contributed by atoms with E-state index in [0.29, 0.717) is 12.6 Å². The van der Waals surface area contributed by atoms with Gasteiger partial charge in [0.2, 0.25) is 0 Å². The lowest BCUT2D eigenvalue weighted by molar-refractivity contribution is -0.150. The second kappa shape index (κ2) is 7.65. The molecular weight excluding hydrogens is 350 g/mol. The van der Waals surface area contributed by atoms with E-state index in [9.17, 15) is 4.79 Å². The van der Waals surface area contributed by atoms with Crippen LogP contribution >= 0.6 is 27.7 Å². The van der Waals surface area contributed by atoms with Crippen LogP contribution in [0.25, 0.3) is 0 Å². The van der Waals surface area contributed by atoms with Gasteiger partial charge in [-0.3, -0.25) is 10.1 Å². The number of hydrogen-bond donors (Lipinski definition) is 1. The van der Waals surface area contributed by atoms with Gasteiger partial charge in [-0.25, -0.2) is 0 Å². The predicted octanol–water partition coefficient (Wildman–Crippen LogP) is 4.01. The van der Waals surface area contributed by atoms with Gasteiger partial charge in [0.05, 0.1) is 6.61 Å². The first-order valence-corrected chi connectivity index (χ1v) is 9.14. The zero-order valence-corrected chi connectivity index (χ0v) is 14.9. The zero-order valence-electron chi connectivity index (χ0n) is 12.5. The summed E-state index contributed by atoms with van der Waals surface area (Å²) in [6.07, 6.45) is 3.09. The molecule has 1 N–H and O–H groups in total. The van der Waals surface area contributed by atoms with Gasteiger partial charge in [-0.1, -0.05) is 15.9 Å². The summed E-state index contributed by atoms with van der Waals surface area (Å²) in [6.45, 7) is 4.25. The first-order chi connectivity index (χ1) is 10.0. The second-order valence-electron chi connectivity index (χ2n) is 5.52. The van der Waals surface area contributed by atoms with E-state index in [0.717, 1.165) is 29.5 Å². The lowest BCUT2D eigenvalue weighted by Gasteiger charge is -2.28. The second-order valence-corrected chi connectivity index (χ2v) is 7.61. The van der Waals surface area contributed by atoms with E-state index >= 15 is 0 Å². The van der Waals surface area contributed by atoms with Crippen LogP contribution in [0.1, 0.15) is 33.1 Å². The summed E-state index contributed by atoms with van der Waals surface area (Å²) >= 11 is 5.21. The van der Waals surface area contributed by atoms with Crippen molar-refractivity contribution in [2.75, 3.05) is 12.4 Å². The third kappa shape index (κ3) is 5.31. The molecule has 0 heterocycles. The van der Waals surface area contributed by atoms with Crippen LogP contribution < -0.4 is 5.32 Å². The average molecular weight is 372 g/mol. The summed E-state index contributed by atoms with van der Waals surface area (Å²) in [5, 5.41) is 3.45. The summed E-state index contributed by atoms with van der Waals surface area (Å²) in [6, 6.07) is 8.73. The lowest BCUT2D eigenvalue weighted by atomic mass is 9.99. The van der Waals surface area contributed by atoms with Gasteiger partial charge in [0.25, 0.3) is 0 Å². The minimum Gasteiger partial charge on any atom is -0.465 e. The Morgan fingerprint density at radius 3 is 2.67 bits per heavy atom. The van der Waals surface area contributed by atoms with Crippen molar-refractivity contribution < 1.29 is 9.53 Å². The number of hydrogen-bond acceptors (Lipinski definition) is 4. The van der Waals surface area contributed by atoms with E-state index in [1.54, 1.807) is 11.8 Å². The van der Waals surface area contributed by atoms with Gasteiger partial charge in [0, 0.05) is 21.2 Å². The standard InChI is InChI=1S/C16H22BrNO2S/c1-3-20-15(19)16(2,18-13-6-7-13)10-11-21-14-8-4-12(17)5-9-14/h4-5,8-9,13,18H,3,6-7,10-11H2,1-2H3. The molecule has 1 unspecified atom stereocenters. The van der Waals surface area contributed by atoms with Crippen LogP contribution in [0, 0.1) is 0 Å². The van der Waals surface area contributed by atoms with Crippen molar-refractivity contribution in [1.82, 2.24) is 5.32 Å². The van der Waals surface area contributed by atoms with E-state index in [1.165, 1.54) is 4.90 Å². The molecule has 2 rings (SSSR count). The molecule has 3 nitrogen and oxygen atoms in total. The van der Waals surface area contributed by atoms with Crippen LogP contribution in [-0.2, 0) is 9.53 Å². The minimum atomic E-state index is -0.570. The van der Waals surface area contributed by atoms with Crippen molar-refractivity contribution in [3.8, 4) is 0 Å². The number of carbonyl (C=O) groups excluding carboxylic acids is 1. The maximum atomic E-state index is 12.2. The highest BCUT2D eigenvalue weighted by Crippen LogP contribution is 2.28. The van der Waals surface area contributed by atoms with Gasteiger partial charge in [0.15, 0.2) is 0 Å². The molecule has 0 amide bonds. The number of rotatable bonds is 8. The van der Waals surface area contributed by atoms with Crippen LogP contribution in [-0.4, -0.2) is 29.9 Å². The quantitative estimate of drug-likeness (QED) is 0.553. The molecular formula is C16H22BrNO2S. The Morgan fingerprint density at radius 1 is 1.43 bits per heavy atom. The largest absolute Gasteiger partial charge is 0.465 e. The maximum Gasteiger partial charge on any atom is 0.326 e. The Balaban J connectivity index is 1.88. The smallest absolute Gasteiger partial charge is 0.326 e. The summed E-state index contributed by atoms with van der Waals surface area (Å²) in [5.74, 6) is 0.754. The van der Waals surface area contributed by atoms with Gasteiger partial charge in [-0.05, 0) is 57.4 Å². The van der Waals surface area contributed by atoms with Crippen LogP contribution in [0.2, 0.25) is 0 Å². The van der Waals surface area contributed by atoms with Crippen molar-refractivity contribution in [3.63, 3.8) is 0 Å². The predicted molar refractivity (Wildman–Crippen MR) is 90.7 cm³/mol. The highest BCUT2D eigenvalue weighted by molar-refractivity contribution is 9.10. The first-order valence-electron chi connectivity index (χ1n) is 7.37. The Bertz CT molecular complexity index is 476. The Labute approximate surface area is 139 Å². The zero-order chi connectivity index (χ0) is 15.3. The normalized spacial score (nSPS) is 17.3. The molecule has 1 aliphatic carbocycles. The first kappa shape index (κ1) is 16.8. The van der Waals surface area contributed by atoms with Gasteiger partial charge in [-0.2, -0.15) is 0 Å². The molecule has 0 aliphatic heterocycles. The van der Waals surface area contributed by atoms with Crippen molar-refractivity contribution >= 4 is 33.7 Å². The topological polar surface area (TPSA) is 38.3 Å². The van der Waals surface area contributed by atoms with Crippen molar-refractivity contribution in [2.24, 2.45) is 0 Å². The number of esters is 1. The fraction of sp³-hybridized carbons (Fsp3) is 0.562. The molecule has 0 radical (unpaired) electrons. The molecule has 0 spiro atoms. The third-order valence-corrected chi connectivity index (χ3v) is 5.05. The van der Waals surface area contributed by atoms with Crippen LogP contribution in [0.4, 0.5) is 0 Å². The van der Waals surface area contributed by atoms with Gasteiger partial charge >= 0.3 is 5.97 Å². The van der Waals surface area contributed by atoms with E-state index in [4.69, 9.17) is 4.74 Å². The summed E-state index contributed by atoms with van der Waals surface area (Å²) in [4.78, 5) is 13.4. The Morgan fingerprint density at radius 2 is 2.10 bits per heavy atom. The van der Waals surface area contributed by atoms with Crippen LogP contribution in [0.15, 0.2) is 33.6 Å². The summed E-state index contributed by atoms with van der Waals surface area (Å²) in [5.41, 5.74) is -0.570. The molecule has 5 heteroatoms. The van der Waals surface area contributed by atoms with Crippen LogP contribution in [0.3, 0.4) is 0 Å². The molecule has 1 aliphatic rings. The van der Waals surface area contributed by atoms with Gasteiger partial charge in [-0.15, -0.1) is 11.8 Å². The minimum absolute atomic E-state index is 0.131. The van der Waals surface area contributed by atoms with Crippen molar-refractivity contribution in [1.29, 1.82) is 0 Å². The fourth-order valence-electron chi connectivity index (χ4n) is 2.11. The summed E-state index contributed by atoms with van der Waals surface area (Å²) in [7, 11) is 0. The van der Waals surface area contributed by atoms with E-state index in [-0.39, 0.29) is 5.97 Å². The van der Waals surface area contributed by atoms with Crippen LogP contribution in [0.5, 0.6) is 0 Å². The highest BCUT2D eigenvalue weighted by Gasteiger charge is 2.39. The summed E-state index contributed by atoms with van der Waals surface area (Å²) < 4.78 is 6.32. The Hall–Kier alpha value is -0.520. The third-order valence-electron chi connectivity index (χ3n) is 3.51. The van der Waals surface area contributed by atoms with Gasteiger partial charge < -0.3 is 4.74 Å². The molecule has 1 fully saturated rings. The van der Waals surface area contributed by atoms with Crippen molar-refractivity contribution in [3.05, 3.63) is 28.7 Å². The lowest BCUT2D eigenvalue weighted by Crippen LogP contribution is -2.51. The number of benzene rings is 1. The molecule has 1 aromatic rings. The molecule has 116 valence electrons. The average Bonchev–Trinajstić information content (AvgIpc) is 3.25. The van der Waals surface area contributed by atoms with E-state index in [2.05, 4.69) is 33.4 Å². The maximum absolute atomic E-state index is 12.2. The van der Waals surface area contributed by atoms with Crippen molar-refractivity contribution in [2.45, 2.75) is 49.6 Å². The Kier molecular flexibility index (Phi) is 6.14. The SMILES string of the molecule is CCOC(=O)C(C)(CCSc1ccc(Br)cc1)NC1CC1. The number of thioether (sulfide) groups is 1. The van der Waals surface area contributed by atoms with E-state index < -0.39 is 5.54 Å². The molecule has 1 saturated carbocycles. The molecule has 0 saturated heterocycles. The molecule has 1 atom stereocenters. The molecule has 0 bridgehead atoms. The van der Waals surface area contributed by atoms with Gasteiger partial charge in [0.1, 0.15) is 5.54 Å². The molecule has 0 aromatic heterocycles. The number of nitrogens with one attached hydrogen (secondary N) is 1. The van der Waals surface area contributed by atoms with E-state index in [1.807, 2.05) is 26.0 Å². The fourth-order valence-corrected chi connectivity index (χ4v) is 3.44. The number of carbonyl (C=O) groups is 1. The number of ether oxygens (including phenoxy) is 1. The molecule has 1 aromatic carbocycles.